The molecule has 1 aromatic heterocycles. The second kappa shape index (κ2) is 10.2. The van der Waals surface area contributed by atoms with Crippen molar-refractivity contribution in [1.82, 2.24) is 5.32 Å². The van der Waals surface area contributed by atoms with E-state index in [2.05, 4.69) is 26.6 Å². The molecule has 7 nitrogen and oxygen atoms in total. The number of methoxy groups -OCH3 is 1. The van der Waals surface area contributed by atoms with Crippen LogP contribution in [0.4, 0.5) is 5.69 Å². The van der Waals surface area contributed by atoms with Crippen LogP contribution >= 0.6 is 15.9 Å². The molecule has 0 radical (unpaired) electrons. The van der Waals surface area contributed by atoms with E-state index in [9.17, 15) is 14.4 Å². The van der Waals surface area contributed by atoms with E-state index in [-0.39, 0.29) is 17.2 Å². The Hall–Kier alpha value is -3.13. The molecule has 1 fully saturated rings. The summed E-state index contributed by atoms with van der Waals surface area (Å²) < 4.78 is 10.8. The molecule has 1 atom stereocenters. The van der Waals surface area contributed by atoms with Gasteiger partial charge in [0.25, 0.3) is 11.8 Å². The van der Waals surface area contributed by atoms with E-state index in [1.807, 2.05) is 24.3 Å². The quantitative estimate of drug-likeness (QED) is 0.436. The van der Waals surface area contributed by atoms with Gasteiger partial charge in [-0.2, -0.15) is 0 Å². The monoisotopic (exact) mass is 512 g/mol. The van der Waals surface area contributed by atoms with Gasteiger partial charge in [-0.1, -0.05) is 43.5 Å². The number of halogens is 1. The number of anilines is 1. The molecule has 4 rings (SSSR count). The minimum Gasteiger partial charge on any atom is -0.467 e. The van der Waals surface area contributed by atoms with Gasteiger partial charge in [-0.3, -0.25) is 9.59 Å². The van der Waals surface area contributed by atoms with Gasteiger partial charge in [0, 0.05) is 0 Å². The molecule has 1 aliphatic rings. The molecule has 0 spiro atoms. The van der Waals surface area contributed by atoms with Gasteiger partial charge < -0.3 is 19.8 Å². The number of hydrogen-bond donors (Lipinski definition) is 2. The molecule has 0 aliphatic heterocycles. The van der Waals surface area contributed by atoms with Crippen LogP contribution in [-0.4, -0.2) is 30.9 Å². The maximum atomic E-state index is 13.4. The fourth-order valence-electron chi connectivity index (χ4n) is 4.33. The van der Waals surface area contributed by atoms with Crippen LogP contribution in [0.1, 0.15) is 53.0 Å². The number of carbonyl (C=O) groups excluding carboxylic acids is 3. The summed E-state index contributed by atoms with van der Waals surface area (Å²) in [5.74, 6) is -1.26. The zero-order valence-corrected chi connectivity index (χ0v) is 19.8. The van der Waals surface area contributed by atoms with Crippen LogP contribution in [0, 0.1) is 5.92 Å². The van der Waals surface area contributed by atoms with Gasteiger partial charge in [0.15, 0.2) is 10.4 Å². The van der Waals surface area contributed by atoms with Gasteiger partial charge in [0.05, 0.1) is 18.4 Å². The number of benzene rings is 2. The Bertz CT molecular complexity index is 1180. The van der Waals surface area contributed by atoms with Crippen molar-refractivity contribution in [3.05, 3.63) is 64.5 Å². The van der Waals surface area contributed by atoms with Crippen LogP contribution < -0.4 is 10.6 Å². The fraction of sp³-hybridized carbons (Fsp3) is 0.320. The van der Waals surface area contributed by atoms with Crippen LogP contribution in [0.25, 0.3) is 10.8 Å². The Kier molecular flexibility index (Phi) is 7.13. The summed E-state index contributed by atoms with van der Waals surface area (Å²) in [5.41, 5.74) is 0.591. The van der Waals surface area contributed by atoms with Gasteiger partial charge in [-0.05, 0) is 69.7 Å². The summed E-state index contributed by atoms with van der Waals surface area (Å²) in [6.45, 7) is 0. The summed E-state index contributed by atoms with van der Waals surface area (Å²) in [6, 6.07) is 13.4. The molecule has 0 bridgehead atoms. The van der Waals surface area contributed by atoms with E-state index in [1.165, 1.54) is 13.2 Å². The average molecular weight is 513 g/mol. The number of nitrogens with one attached hydrogen (secondary N) is 2. The van der Waals surface area contributed by atoms with Crippen molar-refractivity contribution < 1.29 is 23.5 Å². The minimum absolute atomic E-state index is 0.0223. The van der Waals surface area contributed by atoms with Crippen molar-refractivity contribution in [3.8, 4) is 0 Å². The molecule has 8 heteroatoms. The number of ether oxygens (including phenoxy) is 1. The van der Waals surface area contributed by atoms with E-state index in [4.69, 9.17) is 9.15 Å². The normalized spacial score (nSPS) is 15.1. The molecule has 1 saturated carbocycles. The van der Waals surface area contributed by atoms with Gasteiger partial charge in [-0.25, -0.2) is 4.79 Å². The lowest BCUT2D eigenvalue weighted by molar-refractivity contribution is -0.144. The van der Waals surface area contributed by atoms with E-state index < -0.39 is 23.8 Å². The number of carbonyl (C=O) groups is 3. The van der Waals surface area contributed by atoms with Gasteiger partial charge in [-0.15, -0.1) is 0 Å². The largest absolute Gasteiger partial charge is 0.467 e. The molecule has 1 aliphatic carbocycles. The Morgan fingerprint density at radius 1 is 1.00 bits per heavy atom. The molecule has 1 heterocycles. The van der Waals surface area contributed by atoms with Gasteiger partial charge >= 0.3 is 5.97 Å². The van der Waals surface area contributed by atoms with Crippen LogP contribution in [0.2, 0.25) is 0 Å². The zero-order valence-electron chi connectivity index (χ0n) is 18.2. The van der Waals surface area contributed by atoms with Crippen molar-refractivity contribution in [3.63, 3.8) is 0 Å². The molecule has 2 N–H and O–H groups in total. The molecule has 0 saturated heterocycles. The Morgan fingerprint density at radius 3 is 2.33 bits per heavy atom. The minimum atomic E-state index is -0.737. The Labute approximate surface area is 200 Å². The van der Waals surface area contributed by atoms with Crippen molar-refractivity contribution >= 4 is 50.2 Å². The van der Waals surface area contributed by atoms with Crippen molar-refractivity contribution in [1.29, 1.82) is 0 Å². The summed E-state index contributed by atoms with van der Waals surface area (Å²) in [6.07, 6.45) is 4.87. The smallest absolute Gasteiger partial charge is 0.328 e. The molecule has 172 valence electrons. The molecule has 33 heavy (non-hydrogen) atoms. The third-order valence-corrected chi connectivity index (χ3v) is 6.46. The predicted molar refractivity (Wildman–Crippen MR) is 128 cm³/mol. The average Bonchev–Trinajstić information content (AvgIpc) is 3.28. The Balaban J connectivity index is 1.66. The Morgan fingerprint density at radius 2 is 1.70 bits per heavy atom. The lowest BCUT2D eigenvalue weighted by atomic mass is 9.83. The van der Waals surface area contributed by atoms with Crippen molar-refractivity contribution in [2.75, 3.05) is 12.4 Å². The first-order valence-corrected chi connectivity index (χ1v) is 11.7. The van der Waals surface area contributed by atoms with Gasteiger partial charge in [0.2, 0.25) is 0 Å². The van der Waals surface area contributed by atoms with Crippen molar-refractivity contribution in [2.45, 2.75) is 38.1 Å². The van der Waals surface area contributed by atoms with Crippen LogP contribution in [0.3, 0.4) is 0 Å². The number of esters is 1. The van der Waals surface area contributed by atoms with Crippen LogP contribution in [0.15, 0.2) is 57.6 Å². The molecular weight excluding hydrogens is 488 g/mol. The van der Waals surface area contributed by atoms with E-state index in [1.54, 1.807) is 18.2 Å². The first-order chi connectivity index (χ1) is 16.0. The highest BCUT2D eigenvalue weighted by Gasteiger charge is 2.32. The standard InChI is InChI=1S/C25H25BrN2O5/c1-32-25(31)22(15-7-3-2-4-8-15)28-23(29)18-13-16-9-5-6-10-17(16)14-19(18)27-24(30)20-11-12-21(26)33-20/h5-6,9-15,22H,2-4,7-8H2,1H3,(H,27,30)(H,28,29)/t22-/m0/s1. The number of fused-ring (bicyclic) bond motifs is 1. The predicted octanol–water partition coefficient (Wildman–Crippen LogP) is 5.30. The molecule has 0 unspecified atom stereocenters. The number of amides is 2. The van der Waals surface area contributed by atoms with Crippen molar-refractivity contribution in [2.24, 2.45) is 5.92 Å². The van der Waals surface area contributed by atoms with Crippen LogP contribution in [-0.2, 0) is 9.53 Å². The lowest BCUT2D eigenvalue weighted by Crippen LogP contribution is -2.47. The summed E-state index contributed by atoms with van der Waals surface area (Å²) in [5, 5.41) is 7.36. The highest BCUT2D eigenvalue weighted by molar-refractivity contribution is 9.10. The molecular formula is C25H25BrN2O5. The molecule has 2 aromatic carbocycles. The first-order valence-electron chi connectivity index (χ1n) is 10.9. The summed E-state index contributed by atoms with van der Waals surface area (Å²) in [4.78, 5) is 38.7. The lowest BCUT2D eigenvalue weighted by Gasteiger charge is -2.29. The number of furan rings is 1. The molecule has 2 amide bonds. The highest BCUT2D eigenvalue weighted by atomic mass is 79.9. The van der Waals surface area contributed by atoms with E-state index >= 15 is 0 Å². The summed E-state index contributed by atoms with van der Waals surface area (Å²) >= 11 is 3.19. The zero-order chi connectivity index (χ0) is 23.4. The molecule has 3 aromatic rings. The second-order valence-electron chi connectivity index (χ2n) is 8.18. The third-order valence-electron chi connectivity index (χ3n) is 6.04. The third kappa shape index (κ3) is 5.27. The maximum Gasteiger partial charge on any atom is 0.328 e. The topological polar surface area (TPSA) is 97.6 Å². The number of rotatable bonds is 6. The van der Waals surface area contributed by atoms with E-state index in [0.717, 1.165) is 42.9 Å². The number of hydrogen-bond acceptors (Lipinski definition) is 5. The first kappa shape index (κ1) is 23.0. The summed E-state index contributed by atoms with van der Waals surface area (Å²) in [7, 11) is 1.33. The van der Waals surface area contributed by atoms with Gasteiger partial charge in [0.1, 0.15) is 6.04 Å². The van der Waals surface area contributed by atoms with E-state index in [0.29, 0.717) is 10.4 Å². The fourth-order valence-corrected chi connectivity index (χ4v) is 4.64. The SMILES string of the molecule is COC(=O)[C@@H](NC(=O)c1cc2ccccc2cc1NC(=O)c1ccc(Br)o1)C1CCCCC1. The van der Waals surface area contributed by atoms with Crippen LogP contribution in [0.5, 0.6) is 0 Å². The highest BCUT2D eigenvalue weighted by Crippen LogP contribution is 2.29. The second-order valence-corrected chi connectivity index (χ2v) is 8.96. The maximum absolute atomic E-state index is 13.4.